The van der Waals surface area contributed by atoms with Gasteiger partial charge in [0.05, 0.1) is 0 Å². The minimum Gasteiger partial charge on any atom is -0.312 e. The van der Waals surface area contributed by atoms with Gasteiger partial charge in [-0.25, -0.2) is 0 Å². The number of hydrogen-bond donors (Lipinski definition) is 1. The summed E-state index contributed by atoms with van der Waals surface area (Å²) in [5.74, 6) is 3.58. The van der Waals surface area contributed by atoms with E-state index in [1.54, 1.807) is 0 Å². The Bertz CT molecular complexity index is 244. The van der Waals surface area contributed by atoms with Gasteiger partial charge in [0.25, 0.3) is 0 Å². The summed E-state index contributed by atoms with van der Waals surface area (Å²) >= 11 is 0. The second-order valence-electron chi connectivity index (χ2n) is 5.26. The minimum atomic E-state index is 0.575. The summed E-state index contributed by atoms with van der Waals surface area (Å²) in [7, 11) is 0. The molecule has 3 unspecified atom stereocenters. The topological polar surface area (TPSA) is 15.3 Å². The first-order chi connectivity index (χ1) is 8.22. The molecule has 0 spiro atoms. The Hall–Kier alpha value is -0.520. The molecule has 1 fully saturated rings. The van der Waals surface area contributed by atoms with Gasteiger partial charge in [0.15, 0.2) is 0 Å². The summed E-state index contributed by atoms with van der Waals surface area (Å²) in [5, 5.41) is 3.69. The zero-order chi connectivity index (χ0) is 12.7. The normalized spacial score (nSPS) is 25.9. The Morgan fingerprint density at radius 1 is 1.41 bits per heavy atom. The average Bonchev–Trinajstić information content (AvgIpc) is 2.60. The fraction of sp³-hybridized carbons (Fsp3) is 0.867. The molecular weight excluding hydrogens is 208 g/mol. The summed E-state index contributed by atoms with van der Waals surface area (Å²) in [6.45, 7) is 10.4. The maximum Gasteiger partial charge on any atom is 0.0242 e. The van der Waals surface area contributed by atoms with Gasteiger partial charge in [-0.3, -0.25) is 4.90 Å². The van der Waals surface area contributed by atoms with E-state index in [4.69, 9.17) is 6.42 Å². The van der Waals surface area contributed by atoms with Crippen LogP contribution in [-0.2, 0) is 0 Å². The van der Waals surface area contributed by atoms with Crippen LogP contribution in [0.15, 0.2) is 0 Å². The van der Waals surface area contributed by atoms with Crippen LogP contribution >= 0.6 is 0 Å². The van der Waals surface area contributed by atoms with Crippen molar-refractivity contribution in [3.8, 4) is 12.3 Å². The van der Waals surface area contributed by atoms with Gasteiger partial charge in [0.2, 0.25) is 0 Å². The predicted molar refractivity (Wildman–Crippen MR) is 75.0 cm³/mol. The van der Waals surface area contributed by atoms with Crippen LogP contribution in [0.25, 0.3) is 0 Å². The van der Waals surface area contributed by atoms with Crippen LogP contribution in [0, 0.1) is 18.3 Å². The van der Waals surface area contributed by atoms with Gasteiger partial charge in [-0.15, -0.1) is 12.3 Å². The van der Waals surface area contributed by atoms with Crippen molar-refractivity contribution < 1.29 is 0 Å². The van der Waals surface area contributed by atoms with E-state index in [0.29, 0.717) is 12.1 Å². The fourth-order valence-corrected chi connectivity index (χ4v) is 2.64. The molecule has 2 nitrogen and oxygen atoms in total. The van der Waals surface area contributed by atoms with E-state index in [0.717, 1.165) is 31.8 Å². The molecule has 3 atom stereocenters. The van der Waals surface area contributed by atoms with Crippen LogP contribution < -0.4 is 5.32 Å². The van der Waals surface area contributed by atoms with Crippen molar-refractivity contribution in [2.75, 3.05) is 19.6 Å². The SMILES string of the molecule is C#CCC(CC)N1CCCNC(C(C)CC)C1. The average molecular weight is 236 g/mol. The maximum absolute atomic E-state index is 5.48. The van der Waals surface area contributed by atoms with Crippen LogP contribution in [0.2, 0.25) is 0 Å². The first-order valence-electron chi connectivity index (χ1n) is 7.13. The molecule has 0 aromatic carbocycles. The molecule has 0 bridgehead atoms. The first kappa shape index (κ1) is 14.5. The third kappa shape index (κ3) is 4.33. The standard InChI is InChI=1S/C15H28N2/c1-5-9-14(7-3)17-11-8-10-16-15(12-17)13(4)6-2/h1,13-16H,6-12H2,2-4H3. The van der Waals surface area contributed by atoms with Crippen molar-refractivity contribution in [3.63, 3.8) is 0 Å². The quantitative estimate of drug-likeness (QED) is 0.738. The number of nitrogens with one attached hydrogen (secondary N) is 1. The second kappa shape index (κ2) is 7.74. The van der Waals surface area contributed by atoms with Gasteiger partial charge >= 0.3 is 0 Å². The highest BCUT2D eigenvalue weighted by Gasteiger charge is 2.25. The Morgan fingerprint density at radius 2 is 2.18 bits per heavy atom. The third-order valence-electron chi connectivity index (χ3n) is 4.13. The largest absolute Gasteiger partial charge is 0.312 e. The highest BCUT2D eigenvalue weighted by atomic mass is 15.2. The fourth-order valence-electron chi connectivity index (χ4n) is 2.64. The van der Waals surface area contributed by atoms with Crippen molar-refractivity contribution >= 4 is 0 Å². The Kier molecular flexibility index (Phi) is 6.62. The van der Waals surface area contributed by atoms with Gasteiger partial charge in [0.1, 0.15) is 0 Å². The molecule has 0 aromatic rings. The van der Waals surface area contributed by atoms with Crippen molar-refractivity contribution in [1.29, 1.82) is 0 Å². The smallest absolute Gasteiger partial charge is 0.0242 e. The van der Waals surface area contributed by atoms with Crippen LogP contribution in [-0.4, -0.2) is 36.6 Å². The molecule has 1 heterocycles. The summed E-state index contributed by atoms with van der Waals surface area (Å²) in [4.78, 5) is 2.61. The molecule has 1 N–H and O–H groups in total. The Labute approximate surface area is 107 Å². The predicted octanol–water partition coefficient (Wildman–Crippen LogP) is 2.50. The lowest BCUT2D eigenvalue weighted by molar-refractivity contribution is 0.174. The molecule has 1 aliphatic heterocycles. The first-order valence-corrected chi connectivity index (χ1v) is 7.13. The molecule has 1 rings (SSSR count). The molecule has 2 heteroatoms. The third-order valence-corrected chi connectivity index (χ3v) is 4.13. The van der Waals surface area contributed by atoms with Crippen molar-refractivity contribution in [3.05, 3.63) is 0 Å². The molecule has 0 radical (unpaired) electrons. The van der Waals surface area contributed by atoms with Crippen molar-refractivity contribution in [2.45, 2.75) is 58.5 Å². The highest BCUT2D eigenvalue weighted by Crippen LogP contribution is 2.16. The molecule has 0 amide bonds. The van der Waals surface area contributed by atoms with Crippen LogP contribution in [0.5, 0.6) is 0 Å². The summed E-state index contributed by atoms with van der Waals surface area (Å²) in [5.41, 5.74) is 0. The number of hydrogen-bond acceptors (Lipinski definition) is 2. The molecular formula is C15H28N2. The highest BCUT2D eigenvalue weighted by molar-refractivity contribution is 4.92. The molecule has 1 saturated heterocycles. The van der Waals surface area contributed by atoms with Gasteiger partial charge in [0, 0.05) is 25.0 Å². The van der Waals surface area contributed by atoms with E-state index in [1.807, 2.05) is 0 Å². The van der Waals surface area contributed by atoms with Crippen LogP contribution in [0.1, 0.15) is 46.5 Å². The summed E-state index contributed by atoms with van der Waals surface area (Å²) < 4.78 is 0. The minimum absolute atomic E-state index is 0.575. The van der Waals surface area contributed by atoms with Crippen LogP contribution in [0.3, 0.4) is 0 Å². The second-order valence-corrected chi connectivity index (χ2v) is 5.26. The van der Waals surface area contributed by atoms with Crippen molar-refractivity contribution in [2.24, 2.45) is 5.92 Å². The number of nitrogens with zero attached hydrogens (tertiary/aromatic N) is 1. The van der Waals surface area contributed by atoms with E-state index in [9.17, 15) is 0 Å². The van der Waals surface area contributed by atoms with Gasteiger partial charge in [-0.1, -0.05) is 27.2 Å². The van der Waals surface area contributed by atoms with Crippen LogP contribution in [0.4, 0.5) is 0 Å². The summed E-state index contributed by atoms with van der Waals surface area (Å²) in [6, 6.07) is 1.21. The maximum atomic E-state index is 5.48. The van der Waals surface area contributed by atoms with Gasteiger partial charge < -0.3 is 5.32 Å². The molecule has 17 heavy (non-hydrogen) atoms. The lowest BCUT2D eigenvalue weighted by atomic mass is 9.98. The zero-order valence-electron chi connectivity index (χ0n) is 11.7. The van der Waals surface area contributed by atoms with E-state index in [2.05, 4.69) is 36.9 Å². The molecule has 98 valence electrons. The molecule has 0 aromatic heterocycles. The Morgan fingerprint density at radius 3 is 2.76 bits per heavy atom. The molecule has 0 aliphatic carbocycles. The lowest BCUT2D eigenvalue weighted by Gasteiger charge is -2.33. The summed E-state index contributed by atoms with van der Waals surface area (Å²) in [6.07, 6.45) is 10.0. The monoisotopic (exact) mass is 236 g/mol. The molecule has 0 saturated carbocycles. The van der Waals surface area contributed by atoms with Gasteiger partial charge in [-0.2, -0.15) is 0 Å². The van der Waals surface area contributed by atoms with Crippen molar-refractivity contribution in [1.82, 2.24) is 10.2 Å². The Balaban J connectivity index is 2.61. The molecule has 1 aliphatic rings. The lowest BCUT2D eigenvalue weighted by Crippen LogP contribution is -2.45. The van der Waals surface area contributed by atoms with E-state index in [1.165, 1.54) is 19.4 Å². The van der Waals surface area contributed by atoms with Gasteiger partial charge in [-0.05, 0) is 31.8 Å². The zero-order valence-corrected chi connectivity index (χ0v) is 11.7. The van der Waals surface area contributed by atoms with E-state index >= 15 is 0 Å². The number of rotatable bonds is 5. The number of terminal acetylenes is 1. The van der Waals surface area contributed by atoms with E-state index < -0.39 is 0 Å². The van der Waals surface area contributed by atoms with E-state index in [-0.39, 0.29) is 0 Å².